The van der Waals surface area contributed by atoms with Crippen molar-refractivity contribution in [3.63, 3.8) is 0 Å². The predicted octanol–water partition coefficient (Wildman–Crippen LogP) is 3.48. The van der Waals surface area contributed by atoms with E-state index in [4.69, 9.17) is 31.7 Å². The monoisotopic (exact) mass is 514 g/mol. The van der Waals surface area contributed by atoms with E-state index in [0.29, 0.717) is 44.0 Å². The highest BCUT2D eigenvalue weighted by molar-refractivity contribution is 7.80. The van der Waals surface area contributed by atoms with Crippen LogP contribution < -0.4 is 20.4 Å². The number of anilines is 3. The summed E-state index contributed by atoms with van der Waals surface area (Å²) in [5.74, 6) is 2.02. The third-order valence-corrected chi connectivity index (χ3v) is 7.70. The maximum Gasteiger partial charge on any atom is 0.232 e. The average molecular weight is 515 g/mol. The molecule has 2 N–H and O–H groups in total. The van der Waals surface area contributed by atoms with E-state index in [1.54, 1.807) is 12.1 Å². The quantitative estimate of drug-likeness (QED) is 0.564. The van der Waals surface area contributed by atoms with Gasteiger partial charge in [-0.2, -0.15) is 9.97 Å². The van der Waals surface area contributed by atoms with Crippen LogP contribution in [0.15, 0.2) is 30.3 Å². The molecule has 1 saturated carbocycles. The van der Waals surface area contributed by atoms with Crippen molar-refractivity contribution in [2.45, 2.75) is 37.5 Å². The number of thiocarbonyl (C=S) groups is 1. The number of halogens is 1. The normalized spacial score (nSPS) is 20.1. The summed E-state index contributed by atoms with van der Waals surface area (Å²) in [4.78, 5) is 14.0. The number of aromatic nitrogens is 2. The lowest BCUT2D eigenvalue weighted by atomic mass is 9.69. The van der Waals surface area contributed by atoms with Gasteiger partial charge in [-0.05, 0) is 42.8 Å². The van der Waals surface area contributed by atoms with Gasteiger partial charge in [-0.15, -0.1) is 0 Å². The maximum atomic E-state index is 13.6. The summed E-state index contributed by atoms with van der Waals surface area (Å²) >= 11 is 5.69. The van der Waals surface area contributed by atoms with Gasteiger partial charge in [0.1, 0.15) is 17.5 Å². The fourth-order valence-electron chi connectivity index (χ4n) is 5.38. The summed E-state index contributed by atoms with van der Waals surface area (Å²) in [5.41, 5.74) is 1.10. The van der Waals surface area contributed by atoms with Crippen LogP contribution >= 0.6 is 12.2 Å². The molecule has 0 amide bonds. The Kier molecular flexibility index (Phi) is 8.13. The highest BCUT2D eigenvalue weighted by Crippen LogP contribution is 2.39. The largest absolute Gasteiger partial charge is 0.378 e. The number of rotatable bonds is 6. The Labute approximate surface area is 217 Å². The molecule has 0 radical (unpaired) electrons. The fourth-order valence-corrected chi connectivity index (χ4v) is 5.55. The summed E-state index contributed by atoms with van der Waals surface area (Å²) < 4.78 is 24.6. The molecule has 2 aliphatic heterocycles. The van der Waals surface area contributed by atoms with E-state index in [9.17, 15) is 4.39 Å². The van der Waals surface area contributed by atoms with Gasteiger partial charge in [-0.3, -0.25) is 0 Å². The third kappa shape index (κ3) is 6.04. The zero-order valence-corrected chi connectivity index (χ0v) is 21.5. The smallest absolute Gasteiger partial charge is 0.232 e. The number of benzene rings is 1. The van der Waals surface area contributed by atoms with Crippen LogP contribution in [-0.4, -0.2) is 74.2 Å². The minimum atomic E-state index is -0.205. The number of ether oxygens (including phenoxy) is 2. The molecule has 8 nitrogen and oxygen atoms in total. The van der Waals surface area contributed by atoms with Gasteiger partial charge in [0.25, 0.3) is 0 Å². The van der Waals surface area contributed by atoms with Crippen molar-refractivity contribution in [1.82, 2.24) is 15.3 Å². The molecule has 10 heteroatoms. The Morgan fingerprint density at radius 1 is 0.889 bits per heavy atom. The summed E-state index contributed by atoms with van der Waals surface area (Å²) in [6, 6.07) is 9.00. The summed E-state index contributed by atoms with van der Waals surface area (Å²) in [6.45, 7) is 6.60. The van der Waals surface area contributed by atoms with Crippen LogP contribution in [0.4, 0.5) is 22.0 Å². The molecule has 1 aromatic carbocycles. The molecule has 0 bridgehead atoms. The lowest BCUT2D eigenvalue weighted by Crippen LogP contribution is -2.44. The molecule has 3 heterocycles. The van der Waals surface area contributed by atoms with E-state index in [1.165, 1.54) is 12.0 Å². The molecule has 2 aromatic rings. The van der Waals surface area contributed by atoms with Crippen molar-refractivity contribution in [2.24, 2.45) is 0 Å². The molecule has 0 unspecified atom stereocenters. The topological polar surface area (TPSA) is 74.8 Å². The van der Waals surface area contributed by atoms with Gasteiger partial charge in [0.2, 0.25) is 5.95 Å². The molecule has 194 valence electrons. The Morgan fingerprint density at radius 3 is 2.00 bits per heavy atom. The van der Waals surface area contributed by atoms with Crippen molar-refractivity contribution >= 4 is 34.9 Å². The highest BCUT2D eigenvalue weighted by Gasteiger charge is 2.34. The Bertz CT molecular complexity index is 985. The van der Waals surface area contributed by atoms with E-state index in [2.05, 4.69) is 20.4 Å². The predicted molar refractivity (Wildman–Crippen MR) is 143 cm³/mol. The van der Waals surface area contributed by atoms with Gasteiger partial charge in [-0.25, -0.2) is 4.39 Å². The van der Waals surface area contributed by atoms with E-state index in [0.717, 1.165) is 63.5 Å². The Balaban J connectivity index is 1.31. The standard InChI is InChI=1S/C26H35FN6O2S/c27-21-6-4-20(5-7-21)26(8-2-1-3-9-26)19-28-25(36)31-24-29-22(32-10-14-34-15-11-32)18-23(30-24)33-12-16-35-17-13-33/h4-7,18H,1-3,8-17,19H2,(H2,28,29,30,31,36). The minimum Gasteiger partial charge on any atom is -0.378 e. The highest BCUT2D eigenvalue weighted by atomic mass is 32.1. The second-order valence-electron chi connectivity index (χ2n) is 9.76. The van der Waals surface area contributed by atoms with Gasteiger partial charge in [0, 0.05) is 44.2 Å². The van der Waals surface area contributed by atoms with Crippen LogP contribution in [0.5, 0.6) is 0 Å². The van der Waals surface area contributed by atoms with Crippen LogP contribution in [0.2, 0.25) is 0 Å². The van der Waals surface area contributed by atoms with E-state index in [-0.39, 0.29) is 11.2 Å². The molecule has 0 spiro atoms. The summed E-state index contributed by atoms with van der Waals surface area (Å²) in [7, 11) is 0. The van der Waals surface area contributed by atoms with E-state index < -0.39 is 0 Å². The first kappa shape index (κ1) is 25.1. The summed E-state index contributed by atoms with van der Waals surface area (Å²) in [6.07, 6.45) is 5.66. The number of morpholine rings is 2. The van der Waals surface area contributed by atoms with Crippen LogP contribution in [-0.2, 0) is 14.9 Å². The molecule has 1 aliphatic carbocycles. The molecule has 36 heavy (non-hydrogen) atoms. The number of nitrogens with zero attached hydrogens (tertiary/aromatic N) is 4. The zero-order chi connectivity index (χ0) is 24.8. The maximum absolute atomic E-state index is 13.6. The average Bonchev–Trinajstić information content (AvgIpc) is 2.93. The van der Waals surface area contributed by atoms with Crippen LogP contribution in [0.1, 0.15) is 37.7 Å². The lowest BCUT2D eigenvalue weighted by molar-refractivity contribution is 0.122. The van der Waals surface area contributed by atoms with Gasteiger partial charge in [-0.1, -0.05) is 31.4 Å². The van der Waals surface area contributed by atoms with Crippen LogP contribution in [0.25, 0.3) is 0 Å². The van der Waals surface area contributed by atoms with Crippen molar-refractivity contribution in [3.8, 4) is 0 Å². The Morgan fingerprint density at radius 2 is 1.44 bits per heavy atom. The molecule has 5 rings (SSSR count). The lowest BCUT2D eigenvalue weighted by Gasteiger charge is -2.38. The second-order valence-corrected chi connectivity index (χ2v) is 10.2. The van der Waals surface area contributed by atoms with Crippen molar-refractivity contribution in [1.29, 1.82) is 0 Å². The van der Waals surface area contributed by atoms with Crippen LogP contribution in [0.3, 0.4) is 0 Å². The molecular formula is C26H35FN6O2S. The van der Waals surface area contributed by atoms with Crippen molar-refractivity contribution < 1.29 is 13.9 Å². The van der Waals surface area contributed by atoms with Gasteiger partial charge in [0.15, 0.2) is 5.11 Å². The summed E-state index contributed by atoms with van der Waals surface area (Å²) in [5, 5.41) is 7.17. The zero-order valence-electron chi connectivity index (χ0n) is 20.7. The van der Waals surface area contributed by atoms with E-state index in [1.807, 2.05) is 18.2 Å². The molecule has 2 saturated heterocycles. The number of hydrogen-bond donors (Lipinski definition) is 2. The Hall–Kier alpha value is -2.56. The van der Waals surface area contributed by atoms with Crippen LogP contribution in [0, 0.1) is 5.82 Å². The SMILES string of the molecule is Fc1ccc(C2(CNC(=S)Nc3nc(N4CCOCC4)cc(N4CCOCC4)n3)CCCCC2)cc1. The first-order chi connectivity index (χ1) is 17.6. The molecule has 3 fully saturated rings. The second kappa shape index (κ2) is 11.7. The molecule has 3 aliphatic rings. The van der Waals surface area contributed by atoms with E-state index >= 15 is 0 Å². The van der Waals surface area contributed by atoms with Crippen molar-refractivity contribution in [2.75, 3.05) is 74.3 Å². The fraction of sp³-hybridized carbons (Fsp3) is 0.577. The number of nitrogens with one attached hydrogen (secondary N) is 2. The van der Waals surface area contributed by atoms with Crippen molar-refractivity contribution in [3.05, 3.63) is 41.7 Å². The third-order valence-electron chi connectivity index (χ3n) is 7.45. The van der Waals surface area contributed by atoms with Gasteiger partial charge in [0.05, 0.1) is 26.4 Å². The molecule has 0 atom stereocenters. The molecular weight excluding hydrogens is 479 g/mol. The first-order valence-electron chi connectivity index (χ1n) is 13.0. The van der Waals surface area contributed by atoms with Gasteiger partial charge < -0.3 is 29.9 Å². The van der Waals surface area contributed by atoms with Gasteiger partial charge >= 0.3 is 0 Å². The minimum absolute atomic E-state index is 0.0623. The first-order valence-corrected chi connectivity index (χ1v) is 13.4. The molecule has 1 aromatic heterocycles. The number of hydrogen-bond acceptors (Lipinski definition) is 7.